The van der Waals surface area contributed by atoms with E-state index < -0.39 is 59.8 Å². The molecule has 0 spiro atoms. The first-order valence-electron chi connectivity index (χ1n) is 25.9. The van der Waals surface area contributed by atoms with Crippen LogP contribution in [-0.4, -0.2) is 121 Å². The molecule has 13 heteroatoms. The van der Waals surface area contributed by atoms with Crippen LogP contribution in [-0.2, 0) is 42.9 Å². The fraction of sp³-hybridized carbons (Fsp3) is 0.679. The number of amides is 1. The second kappa shape index (κ2) is 22.9. The topological polar surface area (TPSA) is 146 Å². The molecule has 0 radical (unpaired) electrons. The van der Waals surface area contributed by atoms with Gasteiger partial charge in [-0.05, 0) is 145 Å². The maximum Gasteiger partial charge on any atom is 0.329 e. The van der Waals surface area contributed by atoms with E-state index in [9.17, 15) is 24.3 Å². The molecule has 13 atom stereocenters. The van der Waals surface area contributed by atoms with Crippen LogP contribution < -0.4 is 4.90 Å². The number of aliphatic hydroxyl groups is 1. The van der Waals surface area contributed by atoms with Gasteiger partial charge >= 0.3 is 5.97 Å². The van der Waals surface area contributed by atoms with Gasteiger partial charge in [0.05, 0.1) is 24.4 Å². The Hall–Kier alpha value is -4.14. The summed E-state index contributed by atoms with van der Waals surface area (Å²) in [6.07, 6.45) is 14.8. The largest absolute Gasteiger partial charge is 0.456 e. The molecule has 2 saturated carbocycles. The first-order valence-corrected chi connectivity index (χ1v) is 25.9. The average molecular weight is 956 g/mol. The number of rotatable bonds is 10. The van der Waals surface area contributed by atoms with Gasteiger partial charge < -0.3 is 43.2 Å². The number of piperidine rings is 1. The number of nitrogens with zero attached hydrogens (tertiary/aromatic N) is 3. The summed E-state index contributed by atoms with van der Waals surface area (Å²) in [4.78, 5) is 61.3. The number of carbonyl (C=O) groups is 4. The number of allylic oxidation sites excluding steroid dienone is 4. The molecule has 2 aliphatic carbocycles. The van der Waals surface area contributed by atoms with Crippen molar-refractivity contribution in [3.8, 4) is 0 Å². The van der Waals surface area contributed by atoms with E-state index in [1.165, 1.54) is 28.6 Å². The van der Waals surface area contributed by atoms with Crippen LogP contribution in [0.25, 0.3) is 10.9 Å². The quantitative estimate of drug-likeness (QED) is 0.138. The Labute approximate surface area is 410 Å². The Morgan fingerprint density at radius 2 is 1.65 bits per heavy atom. The second-order valence-corrected chi connectivity index (χ2v) is 21.5. The number of esters is 1. The van der Waals surface area contributed by atoms with Gasteiger partial charge in [0.1, 0.15) is 24.0 Å². The number of ether oxygens (including phenoxy) is 5. The van der Waals surface area contributed by atoms with Gasteiger partial charge in [0, 0.05) is 82.0 Å². The van der Waals surface area contributed by atoms with Gasteiger partial charge in [-0.2, -0.15) is 0 Å². The van der Waals surface area contributed by atoms with E-state index in [1.807, 2.05) is 20.8 Å². The molecule has 380 valence electrons. The lowest BCUT2D eigenvalue weighted by Gasteiger charge is -2.47. The number of carbonyl (C=O) groups excluding carboxylic acids is 4. The Kier molecular flexibility index (Phi) is 17.5. The summed E-state index contributed by atoms with van der Waals surface area (Å²) < 4.78 is 33.4. The Morgan fingerprint density at radius 3 is 2.35 bits per heavy atom. The highest BCUT2D eigenvalue weighted by Gasteiger charge is 2.56. The van der Waals surface area contributed by atoms with Crippen molar-refractivity contribution in [1.29, 1.82) is 0 Å². The molecule has 2 aromatic rings. The highest BCUT2D eigenvalue weighted by molar-refractivity contribution is 6.39. The number of hydrogen-bond acceptors (Lipinski definition) is 11. The third kappa shape index (κ3) is 11.8. The molecular weight excluding hydrogens is 875 g/mol. The zero-order valence-corrected chi connectivity index (χ0v) is 42.9. The van der Waals surface area contributed by atoms with Gasteiger partial charge in [0.25, 0.3) is 11.7 Å². The molecule has 13 nitrogen and oxygen atoms in total. The third-order valence-corrected chi connectivity index (χ3v) is 16.3. The summed E-state index contributed by atoms with van der Waals surface area (Å²) in [6, 6.07) is 8.69. The Bertz CT molecular complexity index is 2210. The normalized spacial score (nSPS) is 35.9. The molecule has 3 aliphatic heterocycles. The zero-order valence-electron chi connectivity index (χ0n) is 42.9. The van der Waals surface area contributed by atoms with Crippen molar-refractivity contribution in [1.82, 2.24) is 9.47 Å². The molecule has 69 heavy (non-hydrogen) atoms. The molecule has 4 heterocycles. The van der Waals surface area contributed by atoms with E-state index in [4.69, 9.17) is 23.7 Å². The standard InChI is InChI=1S/C56H81N3O10/c1-11-14-41-28-34(2)27-35(3)29-49(66-9)52-50(67-10)31-38(6)56(64,69-52)53(61)54(62)59-25-13-12-15-46(59)55(63)68-51(36(4)16-23-47(41)60)37(5)30-39-17-21-45(48(32-39)65-8)57(7)43-20-22-44-40(33-43)24-26-58(44)42-18-19-42/h11,20,22,24,26,28,30,33,35-36,38-39,41-42,45-46,48-52,64H,1,12-19,21,23,25,27,29,31-32H2,2-10H3/b34-28+,37-30?. The molecule has 1 aromatic carbocycles. The number of cyclic esters (lactones) is 1. The fourth-order valence-electron chi connectivity index (χ4n) is 12.1. The first kappa shape index (κ1) is 52.7. The number of fused-ring (bicyclic) bond motifs is 4. The average Bonchev–Trinajstić information content (AvgIpc) is 4.11. The van der Waals surface area contributed by atoms with Gasteiger partial charge in [0.2, 0.25) is 5.79 Å². The van der Waals surface area contributed by atoms with Crippen molar-refractivity contribution in [3.63, 3.8) is 0 Å². The lowest BCUT2D eigenvalue weighted by molar-refractivity contribution is -0.302. The van der Waals surface area contributed by atoms with E-state index >= 15 is 0 Å². The number of hydrogen-bond donors (Lipinski definition) is 1. The zero-order chi connectivity index (χ0) is 49.7. The maximum absolute atomic E-state index is 14.6. The predicted molar refractivity (Wildman–Crippen MR) is 268 cm³/mol. The number of benzene rings is 1. The van der Waals surface area contributed by atoms with Crippen molar-refractivity contribution in [2.24, 2.45) is 29.6 Å². The Balaban J connectivity index is 1.16. The van der Waals surface area contributed by atoms with Crippen LogP contribution in [0.3, 0.4) is 0 Å². The van der Waals surface area contributed by atoms with Crippen LogP contribution in [0.1, 0.15) is 131 Å². The van der Waals surface area contributed by atoms with Gasteiger partial charge in [-0.15, -0.1) is 6.58 Å². The maximum atomic E-state index is 14.6. The SMILES string of the molecule is C=CCC1/C=C(\C)CC(C)CC(OC)C2OC(O)(C(=O)C(=O)N3CCCCC3C(=O)OC(C(C)=CC3CCC(N(C)c4ccc5c(ccn5C5CC5)c4)C(OC)C3)C(C)CCC1=O)C(C)CC2OC. The van der Waals surface area contributed by atoms with Gasteiger partial charge in [-0.1, -0.05) is 44.6 Å². The molecule has 2 bridgehead atoms. The van der Waals surface area contributed by atoms with Crippen LogP contribution in [0.15, 0.2) is 66.4 Å². The monoisotopic (exact) mass is 956 g/mol. The van der Waals surface area contributed by atoms with Crippen molar-refractivity contribution in [2.75, 3.05) is 39.8 Å². The number of methoxy groups -OCH3 is 3. The molecule has 5 aliphatic rings. The first-order chi connectivity index (χ1) is 33.0. The second-order valence-electron chi connectivity index (χ2n) is 21.5. The van der Waals surface area contributed by atoms with Crippen molar-refractivity contribution in [2.45, 2.75) is 179 Å². The number of Topliss-reactive ketones (excluding diaryl/α,β-unsaturated/α-hetero) is 2. The van der Waals surface area contributed by atoms with Gasteiger partial charge in [-0.3, -0.25) is 14.4 Å². The van der Waals surface area contributed by atoms with E-state index in [0.29, 0.717) is 51.0 Å². The molecular formula is C56H81N3O10. The van der Waals surface area contributed by atoms with Crippen LogP contribution in [0.5, 0.6) is 0 Å². The van der Waals surface area contributed by atoms with Crippen LogP contribution in [0.4, 0.5) is 5.69 Å². The molecule has 13 unspecified atom stereocenters. The number of likely N-dealkylation sites (N-methyl/N-ethyl adjacent to an activating group) is 1. The summed E-state index contributed by atoms with van der Waals surface area (Å²) in [5, 5.41) is 13.4. The summed E-state index contributed by atoms with van der Waals surface area (Å²) in [7, 11) is 7.06. The Morgan fingerprint density at radius 1 is 0.928 bits per heavy atom. The minimum Gasteiger partial charge on any atom is -0.456 e. The summed E-state index contributed by atoms with van der Waals surface area (Å²) >= 11 is 0. The molecule has 1 N–H and O–H groups in total. The molecule has 1 amide bonds. The van der Waals surface area contributed by atoms with Crippen molar-refractivity contribution >= 4 is 40.0 Å². The summed E-state index contributed by atoms with van der Waals surface area (Å²) in [5.41, 5.74) is 4.37. The molecule has 4 fully saturated rings. The summed E-state index contributed by atoms with van der Waals surface area (Å²) in [5.74, 6) is -6.29. The number of anilines is 1. The lowest BCUT2D eigenvalue weighted by atomic mass is 9.80. The van der Waals surface area contributed by atoms with E-state index in [-0.39, 0.29) is 61.0 Å². The highest BCUT2D eigenvalue weighted by Crippen LogP contribution is 2.41. The third-order valence-electron chi connectivity index (χ3n) is 16.3. The van der Waals surface area contributed by atoms with E-state index in [1.54, 1.807) is 34.3 Å². The van der Waals surface area contributed by atoms with Crippen molar-refractivity contribution < 1.29 is 48.0 Å². The van der Waals surface area contributed by atoms with Crippen LogP contribution in [0, 0.1) is 29.6 Å². The fourth-order valence-corrected chi connectivity index (χ4v) is 12.1. The lowest BCUT2D eigenvalue weighted by Crippen LogP contribution is -2.64. The molecule has 2 saturated heterocycles. The van der Waals surface area contributed by atoms with Crippen LogP contribution in [0.2, 0.25) is 0 Å². The minimum atomic E-state index is -2.48. The number of aromatic nitrogens is 1. The number of ketones is 2. The van der Waals surface area contributed by atoms with E-state index in [0.717, 1.165) is 36.1 Å². The van der Waals surface area contributed by atoms with Gasteiger partial charge in [0.15, 0.2) is 0 Å². The highest BCUT2D eigenvalue weighted by atomic mass is 16.7. The summed E-state index contributed by atoms with van der Waals surface area (Å²) in [6.45, 7) is 13.9. The van der Waals surface area contributed by atoms with Gasteiger partial charge in [-0.25, -0.2) is 4.79 Å². The van der Waals surface area contributed by atoms with Crippen LogP contribution >= 0.6 is 0 Å². The smallest absolute Gasteiger partial charge is 0.329 e. The van der Waals surface area contributed by atoms with E-state index in [2.05, 4.69) is 72.6 Å². The molecule has 7 rings (SSSR count). The van der Waals surface area contributed by atoms with Crippen molar-refractivity contribution in [3.05, 3.63) is 66.4 Å². The molecule has 1 aromatic heterocycles. The minimum absolute atomic E-state index is 0.0485. The predicted octanol–water partition coefficient (Wildman–Crippen LogP) is 9.10.